The number of ether oxygens (including phenoxy) is 1. The second-order valence-electron chi connectivity index (χ2n) is 8.46. The number of nitrogens with one attached hydrogen (secondary N) is 1. The van der Waals surface area contributed by atoms with Gasteiger partial charge in [-0.2, -0.15) is 4.37 Å². The molecule has 3 amide bonds. The summed E-state index contributed by atoms with van der Waals surface area (Å²) in [5.41, 5.74) is 11.4. The van der Waals surface area contributed by atoms with Crippen molar-refractivity contribution in [2.24, 2.45) is 11.7 Å². The van der Waals surface area contributed by atoms with Crippen LogP contribution in [0.15, 0.2) is 41.0 Å². The fraction of sp³-hybridized carbons (Fsp3) is 0.333. The topological polar surface area (TPSA) is 174 Å². The molecule has 1 atom stereocenters. The van der Waals surface area contributed by atoms with Gasteiger partial charge >= 0.3 is 0 Å². The second kappa shape index (κ2) is 11.6. The van der Waals surface area contributed by atoms with Crippen molar-refractivity contribution in [1.29, 1.82) is 0 Å². The summed E-state index contributed by atoms with van der Waals surface area (Å²) in [4.78, 5) is 40.3. The number of primary amides is 1. The van der Waals surface area contributed by atoms with Crippen LogP contribution in [0.5, 0.6) is 11.5 Å². The number of aromatic hydroxyl groups is 1. The van der Waals surface area contributed by atoms with Gasteiger partial charge in [0.25, 0.3) is 11.8 Å². The lowest BCUT2D eigenvalue weighted by atomic mass is 10.0. The van der Waals surface area contributed by atoms with E-state index < -0.39 is 23.8 Å². The van der Waals surface area contributed by atoms with E-state index in [9.17, 15) is 19.5 Å². The molecular weight excluding hydrogens is 486 g/mol. The molecule has 0 aliphatic heterocycles. The van der Waals surface area contributed by atoms with Gasteiger partial charge < -0.3 is 35.9 Å². The normalized spacial score (nSPS) is 11.8. The number of furan rings is 1. The summed E-state index contributed by atoms with van der Waals surface area (Å²) in [6.45, 7) is 4.36. The number of amides is 3. The van der Waals surface area contributed by atoms with Gasteiger partial charge in [0.2, 0.25) is 5.91 Å². The Morgan fingerprint density at radius 1 is 1.28 bits per heavy atom. The van der Waals surface area contributed by atoms with Gasteiger partial charge in [0.1, 0.15) is 16.7 Å². The number of anilines is 1. The molecule has 11 nitrogen and oxygen atoms in total. The molecule has 0 radical (unpaired) electrons. The number of nitrogens with two attached hydrogens (primary N) is 2. The Kier molecular flexibility index (Phi) is 8.54. The fourth-order valence-corrected chi connectivity index (χ4v) is 4.29. The smallest absolute Gasteiger partial charge is 0.270 e. The van der Waals surface area contributed by atoms with Gasteiger partial charge in [-0.25, -0.2) is 0 Å². The summed E-state index contributed by atoms with van der Waals surface area (Å²) in [5, 5.41) is 13.0. The molecule has 12 heteroatoms. The summed E-state index contributed by atoms with van der Waals surface area (Å²) in [6, 6.07) is 6.54. The molecule has 3 rings (SSSR count). The lowest BCUT2D eigenvalue weighted by Crippen LogP contribution is -2.43. The van der Waals surface area contributed by atoms with Gasteiger partial charge in [-0.05, 0) is 53.7 Å². The molecule has 1 unspecified atom stereocenters. The van der Waals surface area contributed by atoms with E-state index in [2.05, 4.69) is 9.69 Å². The zero-order valence-electron chi connectivity index (χ0n) is 20.2. The molecule has 0 fully saturated rings. The zero-order valence-corrected chi connectivity index (χ0v) is 21.0. The van der Waals surface area contributed by atoms with Gasteiger partial charge in [-0.3, -0.25) is 14.4 Å². The van der Waals surface area contributed by atoms with Gasteiger partial charge in [0.15, 0.2) is 17.2 Å². The molecule has 0 aliphatic carbocycles. The molecular formula is C24H29N5O6S. The number of rotatable bonds is 11. The number of carbonyl (C=O) groups excluding carboxylic acids is 3. The first kappa shape index (κ1) is 26.5. The quantitative estimate of drug-likeness (QED) is 0.301. The highest BCUT2D eigenvalue weighted by atomic mass is 32.1. The summed E-state index contributed by atoms with van der Waals surface area (Å²) in [6.07, 6.45) is 2.18. The number of hydrogen-bond donors (Lipinski definition) is 4. The first-order valence-corrected chi connectivity index (χ1v) is 11.9. The standard InChI is InChI=1S/C24H29N5O6S/c1-13(2)8-9-27-23(32)20(14-6-7-16(30)17(11-14)34-3)29(12-15-5-4-10-35-15)24(33)21-18(25)19(22(26)31)28-36-21/h4-7,10-11,13,20,30H,8-9,12,25H2,1-3H3,(H2,26,31)(H,27,32). The molecule has 0 saturated heterocycles. The maximum atomic E-state index is 13.8. The number of carbonyl (C=O) groups is 3. The number of methoxy groups -OCH3 is 1. The predicted molar refractivity (Wildman–Crippen MR) is 133 cm³/mol. The Bertz CT molecular complexity index is 1220. The largest absolute Gasteiger partial charge is 0.504 e. The lowest BCUT2D eigenvalue weighted by Gasteiger charge is -2.31. The van der Waals surface area contributed by atoms with E-state index in [1.54, 1.807) is 12.1 Å². The van der Waals surface area contributed by atoms with E-state index >= 15 is 0 Å². The van der Waals surface area contributed by atoms with E-state index in [1.165, 1.54) is 36.5 Å². The Hall–Kier alpha value is -4.06. The maximum Gasteiger partial charge on any atom is 0.270 e. The van der Waals surface area contributed by atoms with Gasteiger partial charge in [0.05, 0.1) is 25.6 Å². The highest BCUT2D eigenvalue weighted by Gasteiger charge is 2.35. The van der Waals surface area contributed by atoms with E-state index in [1.807, 2.05) is 13.8 Å². The number of nitrogens with zero attached hydrogens (tertiary/aromatic N) is 2. The predicted octanol–water partition coefficient (Wildman–Crippen LogP) is 2.68. The number of hydrogen-bond acceptors (Lipinski definition) is 9. The Morgan fingerprint density at radius 3 is 2.61 bits per heavy atom. The van der Waals surface area contributed by atoms with E-state index in [-0.39, 0.29) is 34.3 Å². The third-order valence-electron chi connectivity index (χ3n) is 5.42. The summed E-state index contributed by atoms with van der Waals surface area (Å²) >= 11 is 0.716. The van der Waals surface area contributed by atoms with Crippen molar-refractivity contribution in [3.8, 4) is 11.5 Å². The molecule has 2 aromatic heterocycles. The monoisotopic (exact) mass is 515 g/mol. The molecule has 0 aliphatic rings. The first-order chi connectivity index (χ1) is 17.1. The molecule has 192 valence electrons. The SMILES string of the molecule is COc1cc(C(C(=O)NCCC(C)C)N(Cc2ccco2)C(=O)c2snc(C(N)=O)c2N)ccc1O. The van der Waals surface area contributed by atoms with Crippen molar-refractivity contribution in [3.05, 3.63) is 58.5 Å². The molecule has 2 heterocycles. The summed E-state index contributed by atoms with van der Waals surface area (Å²) in [7, 11) is 1.38. The van der Waals surface area contributed by atoms with Crippen molar-refractivity contribution in [2.75, 3.05) is 19.4 Å². The van der Waals surface area contributed by atoms with Crippen LogP contribution in [0, 0.1) is 5.92 Å². The van der Waals surface area contributed by atoms with Crippen LogP contribution in [0.25, 0.3) is 0 Å². The maximum absolute atomic E-state index is 13.8. The molecule has 36 heavy (non-hydrogen) atoms. The second-order valence-corrected chi connectivity index (χ2v) is 9.23. The minimum absolute atomic E-state index is 0.0407. The average Bonchev–Trinajstić information content (AvgIpc) is 3.48. The Labute approximate surface area is 212 Å². The van der Waals surface area contributed by atoms with Crippen LogP contribution in [0.2, 0.25) is 0 Å². The fourth-order valence-electron chi connectivity index (χ4n) is 3.53. The zero-order chi connectivity index (χ0) is 26.4. The average molecular weight is 516 g/mol. The van der Waals surface area contributed by atoms with Crippen LogP contribution in [0.3, 0.4) is 0 Å². The molecule has 6 N–H and O–H groups in total. The van der Waals surface area contributed by atoms with Crippen molar-refractivity contribution in [3.63, 3.8) is 0 Å². The van der Waals surface area contributed by atoms with Crippen molar-refractivity contribution in [2.45, 2.75) is 32.9 Å². The third kappa shape index (κ3) is 5.95. The van der Waals surface area contributed by atoms with Crippen LogP contribution in [0.1, 0.15) is 57.8 Å². The van der Waals surface area contributed by atoms with Gasteiger partial charge in [-0.15, -0.1) is 0 Å². The van der Waals surface area contributed by atoms with E-state index in [4.69, 9.17) is 20.6 Å². The first-order valence-electron chi connectivity index (χ1n) is 11.2. The third-order valence-corrected chi connectivity index (χ3v) is 6.27. The Morgan fingerprint density at radius 2 is 2.03 bits per heavy atom. The number of benzene rings is 1. The number of aromatic nitrogens is 1. The van der Waals surface area contributed by atoms with Crippen LogP contribution >= 0.6 is 11.5 Å². The van der Waals surface area contributed by atoms with Crippen LogP contribution in [-0.4, -0.2) is 45.8 Å². The van der Waals surface area contributed by atoms with Crippen molar-refractivity contribution < 1.29 is 28.6 Å². The minimum Gasteiger partial charge on any atom is -0.504 e. The number of phenolic OH excluding ortho intramolecular Hbond substituents is 1. The molecule has 0 spiro atoms. The number of nitrogen functional groups attached to an aromatic ring is 1. The molecule has 3 aromatic rings. The van der Waals surface area contributed by atoms with E-state index in [0.717, 1.165) is 6.42 Å². The summed E-state index contributed by atoms with van der Waals surface area (Å²) in [5.74, 6) is -1.21. The lowest BCUT2D eigenvalue weighted by molar-refractivity contribution is -0.126. The van der Waals surface area contributed by atoms with Crippen LogP contribution < -0.4 is 21.5 Å². The molecule has 1 aromatic carbocycles. The van der Waals surface area contributed by atoms with Crippen molar-refractivity contribution in [1.82, 2.24) is 14.6 Å². The van der Waals surface area contributed by atoms with Gasteiger partial charge in [-0.1, -0.05) is 19.9 Å². The highest BCUT2D eigenvalue weighted by Crippen LogP contribution is 2.34. The minimum atomic E-state index is -1.16. The van der Waals surface area contributed by atoms with Crippen LogP contribution in [-0.2, 0) is 11.3 Å². The van der Waals surface area contributed by atoms with E-state index in [0.29, 0.717) is 35.3 Å². The number of phenols is 1. The van der Waals surface area contributed by atoms with Crippen molar-refractivity contribution >= 4 is 34.9 Å². The Balaban J connectivity index is 2.11. The highest BCUT2D eigenvalue weighted by molar-refractivity contribution is 7.09. The van der Waals surface area contributed by atoms with Gasteiger partial charge in [0, 0.05) is 6.54 Å². The van der Waals surface area contributed by atoms with Crippen LogP contribution in [0.4, 0.5) is 5.69 Å². The molecule has 0 saturated carbocycles. The molecule has 0 bridgehead atoms. The summed E-state index contributed by atoms with van der Waals surface area (Å²) < 4.78 is 14.6.